The molecule has 0 unspecified atom stereocenters. The zero-order chi connectivity index (χ0) is 10.9. The van der Waals surface area contributed by atoms with Crippen molar-refractivity contribution in [2.24, 2.45) is 0 Å². The fourth-order valence-corrected chi connectivity index (χ4v) is 2.19. The zero-order valence-corrected chi connectivity index (χ0v) is 9.53. The minimum atomic E-state index is -2.96. The molecule has 0 aromatic heterocycles. The molecule has 0 aliphatic heterocycles. The second kappa shape index (κ2) is 3.84. The molecule has 0 saturated heterocycles. The molecule has 0 rings (SSSR count). The molecule has 3 nitrogen and oxygen atoms in total. The van der Waals surface area contributed by atoms with E-state index in [4.69, 9.17) is 0 Å². The Morgan fingerprint density at radius 2 is 1.69 bits per heavy atom. The summed E-state index contributed by atoms with van der Waals surface area (Å²) < 4.78 is 22.0. The molecule has 0 aromatic rings. The summed E-state index contributed by atoms with van der Waals surface area (Å²) >= 11 is 0. The van der Waals surface area contributed by atoms with Gasteiger partial charge in [-0.3, -0.25) is 9.11 Å². The fraction of sp³-hybridized carbons (Fsp3) is 0.556. The van der Waals surface area contributed by atoms with E-state index >= 15 is 0 Å². The summed E-state index contributed by atoms with van der Waals surface area (Å²) in [5.41, 5.74) is 0.216. The summed E-state index contributed by atoms with van der Waals surface area (Å²) in [5.74, 6) is 0. The van der Waals surface area contributed by atoms with Gasteiger partial charge in [0.15, 0.2) is 0 Å². The van der Waals surface area contributed by atoms with Crippen molar-refractivity contribution >= 4 is 10.8 Å². The van der Waals surface area contributed by atoms with E-state index in [1.54, 1.807) is 6.92 Å². The van der Waals surface area contributed by atoms with Gasteiger partial charge < -0.3 is 0 Å². The van der Waals surface area contributed by atoms with Crippen molar-refractivity contribution in [2.45, 2.75) is 33.2 Å². The van der Waals surface area contributed by atoms with E-state index in [0.29, 0.717) is 5.57 Å². The van der Waals surface area contributed by atoms with Crippen molar-refractivity contribution < 1.29 is 10.5 Å². The van der Waals surface area contributed by atoms with Crippen molar-refractivity contribution in [3.8, 4) is 0 Å². The first-order valence-electron chi connectivity index (χ1n) is 3.98. The molecular weight excluding hydrogens is 186 g/mol. The first-order valence-corrected chi connectivity index (χ1v) is 5.53. The predicted octanol–water partition coefficient (Wildman–Crippen LogP) is 3.38. The Bertz CT molecular complexity index is 233. The number of hydrogen-bond donors (Lipinski definition) is 3. The normalized spacial score (nSPS) is 14.0. The average Bonchev–Trinajstić information content (AvgIpc) is 1.80. The van der Waals surface area contributed by atoms with E-state index in [0.717, 1.165) is 0 Å². The molecule has 0 radical (unpaired) electrons. The topological polar surface area (TPSA) is 52.5 Å². The van der Waals surface area contributed by atoms with Gasteiger partial charge in [-0.1, -0.05) is 13.2 Å². The first kappa shape index (κ1) is 12.7. The van der Waals surface area contributed by atoms with Gasteiger partial charge in [0.2, 0.25) is 0 Å². The molecule has 4 heteroatoms. The summed E-state index contributed by atoms with van der Waals surface area (Å²) in [6.45, 7) is 14.5. The number of hydrogen-bond acceptors (Lipinski definition) is 3. The molecule has 13 heavy (non-hydrogen) atoms. The summed E-state index contributed by atoms with van der Waals surface area (Å²) in [6.07, 6.45) is 0. The maximum atomic E-state index is 9.66. The maximum absolute atomic E-state index is 9.66. The van der Waals surface area contributed by atoms with Crippen LogP contribution in [0, 0.1) is 0 Å². The van der Waals surface area contributed by atoms with Crippen LogP contribution in [0.3, 0.4) is 0 Å². The Morgan fingerprint density at radius 3 is 1.92 bits per heavy atom. The van der Waals surface area contributed by atoms with Crippen LogP contribution in [0.5, 0.6) is 0 Å². The lowest BCUT2D eigenvalue weighted by Crippen LogP contribution is -2.38. The first-order chi connectivity index (χ1) is 5.56. The van der Waals surface area contributed by atoms with Crippen LogP contribution in [0.2, 0.25) is 0 Å². The highest BCUT2D eigenvalue weighted by Gasteiger charge is 2.23. The minimum absolute atomic E-state index is 0. The third kappa shape index (κ3) is 4.47. The van der Waals surface area contributed by atoms with Gasteiger partial charge in [0.05, 0.1) is 4.91 Å². The van der Waals surface area contributed by atoms with Crippen molar-refractivity contribution in [1.29, 1.82) is 0 Å². The third-order valence-corrected chi connectivity index (χ3v) is 3.20. The summed E-state index contributed by atoms with van der Waals surface area (Å²) in [7, 11) is -2.96. The van der Waals surface area contributed by atoms with Crippen LogP contribution < -0.4 is 4.72 Å². The van der Waals surface area contributed by atoms with Gasteiger partial charge in [0.25, 0.3) is 0 Å². The van der Waals surface area contributed by atoms with Crippen molar-refractivity contribution in [2.75, 3.05) is 0 Å². The molecule has 0 aliphatic carbocycles. The van der Waals surface area contributed by atoms with E-state index in [2.05, 4.69) is 17.9 Å². The molecule has 0 aliphatic rings. The van der Waals surface area contributed by atoms with Crippen LogP contribution in [0.1, 0.15) is 29.1 Å². The highest BCUT2D eigenvalue weighted by Crippen LogP contribution is 2.47. The van der Waals surface area contributed by atoms with Gasteiger partial charge in [-0.2, -0.15) is 0 Å². The molecule has 0 amide bonds. The Kier molecular flexibility index (Phi) is 3.75. The lowest BCUT2D eigenvalue weighted by molar-refractivity contribution is 0.430. The molecule has 0 atom stereocenters. The second-order valence-corrected chi connectivity index (χ2v) is 5.90. The molecule has 80 valence electrons. The number of allylic oxidation sites excluding steroid dienone is 1. The van der Waals surface area contributed by atoms with Gasteiger partial charge in [-0.25, -0.2) is 4.72 Å². The molecular formula is C9H21NO2S. The highest BCUT2D eigenvalue weighted by atomic mass is 32.3. The Hall–Kier alpha value is -0.290. The van der Waals surface area contributed by atoms with Crippen LogP contribution in [0.15, 0.2) is 23.6 Å². The van der Waals surface area contributed by atoms with E-state index in [9.17, 15) is 9.11 Å². The van der Waals surface area contributed by atoms with Crippen molar-refractivity contribution in [3.63, 3.8) is 0 Å². The second-order valence-electron chi connectivity index (χ2n) is 4.10. The quantitative estimate of drug-likeness (QED) is 0.622. The van der Waals surface area contributed by atoms with Crippen LogP contribution >= 0.6 is 10.8 Å². The third-order valence-electron chi connectivity index (χ3n) is 1.27. The average molecular weight is 207 g/mol. The maximum Gasteiger partial charge on any atom is 0.0701 e. The molecule has 0 fully saturated rings. The summed E-state index contributed by atoms with van der Waals surface area (Å²) in [5, 5.41) is 0. The highest BCUT2D eigenvalue weighted by molar-refractivity contribution is 8.26. The molecule has 3 N–H and O–H groups in total. The fourth-order valence-electron chi connectivity index (χ4n) is 0.732. The molecule has 0 heterocycles. The Balaban J connectivity index is 0. The number of nitrogens with one attached hydrogen (secondary N) is 1. The van der Waals surface area contributed by atoms with E-state index < -0.39 is 10.8 Å². The monoisotopic (exact) mass is 207 g/mol. The molecule has 0 spiro atoms. The molecule has 0 saturated carbocycles. The Morgan fingerprint density at radius 1 is 1.31 bits per heavy atom. The largest absolute Gasteiger partial charge is 0.282 e. The predicted molar refractivity (Wildman–Crippen MR) is 61.8 cm³/mol. The smallest absolute Gasteiger partial charge is 0.0701 e. The van der Waals surface area contributed by atoms with E-state index in [1.165, 1.54) is 0 Å². The number of rotatable bonds is 3. The van der Waals surface area contributed by atoms with Crippen LogP contribution in [0.25, 0.3) is 0 Å². The minimum Gasteiger partial charge on any atom is -0.282 e. The summed E-state index contributed by atoms with van der Waals surface area (Å²) in [6, 6.07) is 0. The lowest BCUT2D eigenvalue weighted by atomic mass is 10.1. The van der Waals surface area contributed by atoms with Gasteiger partial charge >= 0.3 is 0 Å². The van der Waals surface area contributed by atoms with Gasteiger partial charge in [-0.05, 0) is 33.3 Å². The van der Waals surface area contributed by atoms with Gasteiger partial charge in [0.1, 0.15) is 0 Å². The van der Waals surface area contributed by atoms with Crippen molar-refractivity contribution in [3.05, 3.63) is 23.6 Å². The lowest BCUT2D eigenvalue weighted by Gasteiger charge is -2.40. The molecule has 0 aromatic carbocycles. The standard InChI is InChI=1S/C9H19NO2S.H2/c1-7(2)8(3)13(11,12)10-9(4,5)6;/h10-12H,1,3H2,2,4-6H3;1H. The molecule has 0 bridgehead atoms. The van der Waals surface area contributed by atoms with Gasteiger partial charge in [-0.15, -0.1) is 10.8 Å². The zero-order valence-electron chi connectivity index (χ0n) is 8.72. The van der Waals surface area contributed by atoms with E-state index in [-0.39, 0.29) is 11.9 Å². The Labute approximate surface area is 83.5 Å². The summed E-state index contributed by atoms with van der Waals surface area (Å²) in [4.78, 5) is 0.266. The van der Waals surface area contributed by atoms with E-state index in [1.807, 2.05) is 20.8 Å². The van der Waals surface area contributed by atoms with Crippen LogP contribution in [-0.4, -0.2) is 14.6 Å². The van der Waals surface area contributed by atoms with Crippen LogP contribution in [0.4, 0.5) is 0 Å². The van der Waals surface area contributed by atoms with Crippen molar-refractivity contribution in [1.82, 2.24) is 4.72 Å². The SMILES string of the molecule is C=C(C)C(=C)S(O)(O)NC(C)(C)C.[HH]. The van der Waals surface area contributed by atoms with Gasteiger partial charge in [0, 0.05) is 6.97 Å². The van der Waals surface area contributed by atoms with Crippen LogP contribution in [-0.2, 0) is 0 Å².